The fourth-order valence-electron chi connectivity index (χ4n) is 1.56. The van der Waals surface area contributed by atoms with Gasteiger partial charge in [-0.2, -0.15) is 10.3 Å². The van der Waals surface area contributed by atoms with Crippen LogP contribution in [0.1, 0.15) is 10.6 Å². The van der Waals surface area contributed by atoms with Crippen molar-refractivity contribution in [3.63, 3.8) is 0 Å². The fraction of sp³-hybridized carbons (Fsp3) is 0. The Kier molecular flexibility index (Phi) is 2.73. The lowest BCUT2D eigenvalue weighted by Crippen LogP contribution is -2.13. The summed E-state index contributed by atoms with van der Waals surface area (Å²) in [4.78, 5) is 11.7. The van der Waals surface area contributed by atoms with Crippen LogP contribution in [-0.2, 0) is 0 Å². The number of aromatic nitrogens is 6. The van der Waals surface area contributed by atoms with Crippen LogP contribution in [0.4, 0.5) is 5.69 Å². The number of carbonyl (C=O) groups is 1. The molecule has 0 fully saturated rings. The van der Waals surface area contributed by atoms with Crippen LogP contribution in [-0.4, -0.2) is 36.3 Å². The summed E-state index contributed by atoms with van der Waals surface area (Å²) in [5.41, 5.74) is 1.55. The molecule has 0 saturated heterocycles. The first kappa shape index (κ1) is 11.1. The average molecular weight is 255 g/mol. The average Bonchev–Trinajstić information content (AvgIpc) is 3.13. The summed E-state index contributed by atoms with van der Waals surface area (Å²) in [7, 11) is 0. The molecule has 1 aromatic carbocycles. The third kappa shape index (κ3) is 2.32. The maximum Gasteiger partial charge on any atom is 0.297 e. The number of H-pyrrole nitrogens is 1. The highest BCUT2D eigenvalue weighted by atomic mass is 16.2. The van der Waals surface area contributed by atoms with Crippen LogP contribution < -0.4 is 5.32 Å². The topological polar surface area (TPSA) is 101 Å². The zero-order valence-corrected chi connectivity index (χ0v) is 9.69. The van der Waals surface area contributed by atoms with Gasteiger partial charge in [-0.15, -0.1) is 10.2 Å². The van der Waals surface area contributed by atoms with Crippen LogP contribution in [0.25, 0.3) is 5.69 Å². The molecule has 2 heterocycles. The number of aromatic amines is 1. The van der Waals surface area contributed by atoms with Crippen molar-refractivity contribution >= 4 is 11.6 Å². The first-order valence-electron chi connectivity index (χ1n) is 5.48. The summed E-state index contributed by atoms with van der Waals surface area (Å²) >= 11 is 0. The van der Waals surface area contributed by atoms with E-state index in [0.717, 1.165) is 5.69 Å². The molecule has 94 valence electrons. The fourth-order valence-corrected chi connectivity index (χ4v) is 1.56. The Bertz CT molecular complexity index is 658. The van der Waals surface area contributed by atoms with E-state index in [1.807, 2.05) is 24.4 Å². The second-order valence-electron chi connectivity index (χ2n) is 3.69. The number of hydrogen-bond acceptors (Lipinski definition) is 5. The maximum atomic E-state index is 11.7. The smallest absolute Gasteiger partial charge is 0.297 e. The van der Waals surface area contributed by atoms with Gasteiger partial charge in [-0.3, -0.25) is 4.79 Å². The van der Waals surface area contributed by atoms with E-state index in [4.69, 9.17) is 0 Å². The van der Waals surface area contributed by atoms with Crippen LogP contribution in [0.5, 0.6) is 0 Å². The molecule has 0 aliphatic rings. The molecule has 8 nitrogen and oxygen atoms in total. The molecule has 8 heteroatoms. The summed E-state index contributed by atoms with van der Waals surface area (Å²) in [5.74, 6) is -0.420. The van der Waals surface area contributed by atoms with E-state index < -0.39 is 5.91 Å². The molecule has 2 aromatic heterocycles. The Hall–Kier alpha value is -3.03. The van der Waals surface area contributed by atoms with Gasteiger partial charge in [0.25, 0.3) is 11.7 Å². The second-order valence-corrected chi connectivity index (χ2v) is 3.69. The van der Waals surface area contributed by atoms with Gasteiger partial charge in [-0.25, -0.2) is 4.68 Å². The first-order chi connectivity index (χ1) is 9.33. The molecule has 2 N–H and O–H groups in total. The minimum absolute atomic E-state index is 0.00356. The van der Waals surface area contributed by atoms with E-state index in [1.165, 1.54) is 0 Å². The zero-order valence-electron chi connectivity index (χ0n) is 9.69. The molecule has 3 aromatic rings. The Labute approximate surface area is 107 Å². The Morgan fingerprint density at radius 3 is 2.74 bits per heavy atom. The number of carbonyl (C=O) groups excluding carboxylic acids is 1. The van der Waals surface area contributed by atoms with Crippen LogP contribution in [0.2, 0.25) is 0 Å². The molecule has 0 radical (unpaired) electrons. The van der Waals surface area contributed by atoms with E-state index in [-0.39, 0.29) is 5.82 Å². The molecular formula is C11H9N7O. The zero-order chi connectivity index (χ0) is 13.1. The largest absolute Gasteiger partial charge is 0.319 e. The molecule has 3 rings (SSSR count). The number of anilines is 1. The van der Waals surface area contributed by atoms with Crippen molar-refractivity contribution in [1.29, 1.82) is 0 Å². The maximum absolute atomic E-state index is 11.7. The van der Waals surface area contributed by atoms with Crippen LogP contribution in [0.15, 0.2) is 42.7 Å². The highest BCUT2D eigenvalue weighted by Gasteiger charge is 2.10. The number of nitrogens with zero attached hydrogens (tertiary/aromatic N) is 5. The number of hydrogen-bond donors (Lipinski definition) is 2. The number of tetrazole rings is 1. The Morgan fingerprint density at radius 2 is 2.11 bits per heavy atom. The summed E-state index contributed by atoms with van der Waals surface area (Å²) in [6.45, 7) is 0. The number of benzene rings is 1. The van der Waals surface area contributed by atoms with Crippen LogP contribution in [0.3, 0.4) is 0 Å². The first-order valence-corrected chi connectivity index (χ1v) is 5.48. The Balaban J connectivity index is 1.75. The van der Waals surface area contributed by atoms with Crippen molar-refractivity contribution in [2.45, 2.75) is 0 Å². The molecule has 0 aliphatic heterocycles. The van der Waals surface area contributed by atoms with Gasteiger partial charge >= 0.3 is 0 Å². The summed E-state index contributed by atoms with van der Waals surface area (Å²) < 4.78 is 1.73. The van der Waals surface area contributed by atoms with Crippen molar-refractivity contribution in [2.75, 3.05) is 5.32 Å². The molecule has 1 amide bonds. The van der Waals surface area contributed by atoms with Crippen molar-refractivity contribution in [1.82, 2.24) is 30.4 Å². The van der Waals surface area contributed by atoms with Crippen molar-refractivity contribution in [2.24, 2.45) is 0 Å². The molecule has 0 unspecified atom stereocenters. The lowest BCUT2D eigenvalue weighted by Gasteiger charge is -2.04. The minimum Gasteiger partial charge on any atom is -0.319 e. The highest BCUT2D eigenvalue weighted by molar-refractivity contribution is 6.01. The van der Waals surface area contributed by atoms with E-state index in [0.29, 0.717) is 5.69 Å². The summed E-state index contributed by atoms with van der Waals surface area (Å²) in [6.07, 6.45) is 3.54. The standard InChI is InChI=1S/C11H9N7O/c19-11(10-14-16-17-15-10)13-8-2-4-9(5-3-8)18-7-1-6-12-18/h1-7H,(H,13,19)(H,14,15,16,17). The molecule has 19 heavy (non-hydrogen) atoms. The van der Waals surface area contributed by atoms with Gasteiger partial charge in [0, 0.05) is 18.1 Å². The molecule has 0 atom stereocenters. The SMILES string of the molecule is O=C(Nc1ccc(-n2cccn2)cc1)c1nn[nH]n1. The molecular weight excluding hydrogens is 246 g/mol. The predicted molar refractivity (Wildman–Crippen MR) is 65.7 cm³/mol. The number of rotatable bonds is 3. The van der Waals surface area contributed by atoms with Crippen molar-refractivity contribution < 1.29 is 4.79 Å². The summed E-state index contributed by atoms with van der Waals surface area (Å²) in [5, 5.41) is 19.5. The van der Waals surface area contributed by atoms with Gasteiger partial charge in [-0.1, -0.05) is 0 Å². The third-order valence-corrected chi connectivity index (χ3v) is 2.44. The van der Waals surface area contributed by atoms with Gasteiger partial charge in [0.1, 0.15) is 0 Å². The van der Waals surface area contributed by atoms with Crippen molar-refractivity contribution in [3.05, 3.63) is 48.5 Å². The molecule has 0 spiro atoms. The van der Waals surface area contributed by atoms with Crippen molar-refractivity contribution in [3.8, 4) is 5.69 Å². The minimum atomic E-state index is -0.416. The van der Waals surface area contributed by atoms with E-state index >= 15 is 0 Å². The number of amides is 1. The van der Waals surface area contributed by atoms with E-state index in [2.05, 4.69) is 31.0 Å². The second kappa shape index (κ2) is 4.69. The quantitative estimate of drug-likeness (QED) is 0.715. The molecule has 0 bridgehead atoms. The van der Waals surface area contributed by atoms with Gasteiger partial charge in [0.15, 0.2) is 0 Å². The summed E-state index contributed by atoms with van der Waals surface area (Å²) in [6, 6.07) is 9.08. The monoisotopic (exact) mass is 255 g/mol. The van der Waals surface area contributed by atoms with Gasteiger partial charge in [0.05, 0.1) is 5.69 Å². The van der Waals surface area contributed by atoms with E-state index in [9.17, 15) is 4.79 Å². The number of nitrogens with one attached hydrogen (secondary N) is 2. The molecule has 0 aliphatic carbocycles. The lowest BCUT2D eigenvalue weighted by molar-refractivity contribution is 0.101. The van der Waals surface area contributed by atoms with Gasteiger partial charge < -0.3 is 5.32 Å². The van der Waals surface area contributed by atoms with Crippen LogP contribution in [0, 0.1) is 0 Å². The van der Waals surface area contributed by atoms with E-state index in [1.54, 1.807) is 23.0 Å². The molecule has 0 saturated carbocycles. The normalized spacial score (nSPS) is 10.3. The third-order valence-electron chi connectivity index (χ3n) is 2.44. The van der Waals surface area contributed by atoms with Gasteiger partial charge in [0.2, 0.25) is 0 Å². The van der Waals surface area contributed by atoms with Crippen LogP contribution >= 0.6 is 0 Å². The highest BCUT2D eigenvalue weighted by Crippen LogP contribution is 2.12. The Morgan fingerprint density at radius 1 is 1.26 bits per heavy atom. The lowest BCUT2D eigenvalue weighted by atomic mass is 10.3. The van der Waals surface area contributed by atoms with Gasteiger partial charge in [-0.05, 0) is 35.5 Å². The predicted octanol–water partition coefficient (Wildman–Crippen LogP) is 0.638.